The maximum absolute atomic E-state index is 14.0. The molecule has 5 heterocycles. The van der Waals surface area contributed by atoms with E-state index in [1.54, 1.807) is 86.0 Å². The van der Waals surface area contributed by atoms with Crippen LogP contribution < -0.4 is 29.9 Å². The molecule has 0 spiro atoms. The lowest BCUT2D eigenvalue weighted by Gasteiger charge is -2.25. The van der Waals surface area contributed by atoms with Crippen LogP contribution in [-0.4, -0.2) is 89.2 Å². The summed E-state index contributed by atoms with van der Waals surface area (Å²) in [6.07, 6.45) is 5.00. The smallest absolute Gasteiger partial charge is 0.280 e. The first-order valence-corrected chi connectivity index (χ1v) is 29.4. The third-order valence-electron chi connectivity index (χ3n) is 15.1. The van der Waals surface area contributed by atoms with Crippen LogP contribution in [0.15, 0.2) is 152 Å². The van der Waals surface area contributed by atoms with Crippen LogP contribution in [-0.2, 0) is 0 Å². The van der Waals surface area contributed by atoms with Gasteiger partial charge in [-0.25, -0.2) is 9.67 Å². The number of aromatic nitrogens is 5. The van der Waals surface area contributed by atoms with Crippen LogP contribution in [0.4, 0.5) is 22.7 Å². The fourth-order valence-electron chi connectivity index (χ4n) is 11.2. The topological polar surface area (TPSA) is 186 Å². The third-order valence-corrected chi connectivity index (χ3v) is 15.8. The molecule has 0 saturated carbocycles. The molecule has 16 nitrogen and oxygen atoms in total. The van der Waals surface area contributed by atoms with Crippen LogP contribution >= 0.6 is 23.2 Å². The van der Waals surface area contributed by atoms with E-state index in [9.17, 15) is 24.3 Å². The minimum absolute atomic E-state index is 0.0411. The first-order valence-electron chi connectivity index (χ1n) is 28.3. The second kappa shape index (κ2) is 23.3. The van der Waals surface area contributed by atoms with Crippen LogP contribution in [0, 0.1) is 20.8 Å². The Morgan fingerprint density at radius 1 is 0.593 bits per heavy atom. The number of carbonyl (C=O) groups excluding carboxylic acids is 4. The average molecular weight is 1190 g/mol. The van der Waals surface area contributed by atoms with Crippen molar-refractivity contribution in [1.82, 2.24) is 24.4 Å². The van der Waals surface area contributed by atoms with Gasteiger partial charge in [-0.05, 0) is 168 Å². The van der Waals surface area contributed by atoms with Gasteiger partial charge in [-0.1, -0.05) is 59.3 Å². The highest BCUT2D eigenvalue weighted by Gasteiger charge is 2.39. The molecule has 0 unspecified atom stereocenters. The van der Waals surface area contributed by atoms with Gasteiger partial charge in [0.2, 0.25) is 0 Å². The normalized spacial score (nSPS) is 14.6. The maximum atomic E-state index is 14.0. The van der Waals surface area contributed by atoms with E-state index in [0.717, 1.165) is 72.2 Å². The molecular formula is C68H65Cl2N9O7. The minimum atomic E-state index is -0.429. The van der Waals surface area contributed by atoms with Gasteiger partial charge >= 0.3 is 0 Å². The second-order valence-electron chi connectivity index (χ2n) is 23.8. The van der Waals surface area contributed by atoms with Gasteiger partial charge in [0, 0.05) is 88.8 Å². The van der Waals surface area contributed by atoms with E-state index < -0.39 is 11.2 Å². The molecule has 0 aliphatic carbocycles. The van der Waals surface area contributed by atoms with Gasteiger partial charge in [0.1, 0.15) is 39.8 Å². The predicted octanol–water partition coefficient (Wildman–Crippen LogP) is 14.4. The molecule has 2 aliphatic rings. The maximum Gasteiger partial charge on any atom is 0.280 e. The summed E-state index contributed by atoms with van der Waals surface area (Å²) < 4.78 is 16.1. The standard InChI is InChI=1S/C35H34ClN5O3.C33H31ClN4O4/c1-21-9-11-23(12-10-21)33(42)37-25-13-15-26(16-14-25)41-20-28(38-39-41)34(43)40-19-24(18-36)32-29(40)17-30(44-35(3,4)5)27-8-6-7-22(2)31(27)32;1-19-6-5-7-24-27(42-33(2,3)4)14-26-30(29(19)24)21(15-34)16-38(26)32(41)25-18-37-17-22(10-13-28(37)36-25)35-31(40)20-8-11-23(39)12-9-20/h6-17,20,24H,18-19H2,1-5H3,(H,37,42);5-14,17-18,21,39H,15-16H2,1-4H3,(H,35,40)/t24-;21-/m11/s1. The Morgan fingerprint density at radius 2 is 1.08 bits per heavy atom. The number of hydrogen-bond donors (Lipinski definition) is 3. The molecule has 12 rings (SSSR count). The number of phenolic OH excluding ortho intramolecular Hbond substituents is 1. The van der Waals surface area contributed by atoms with Gasteiger partial charge in [-0.2, -0.15) is 0 Å². The summed E-state index contributed by atoms with van der Waals surface area (Å²) in [7, 11) is 0. The number of pyridine rings is 1. The molecule has 2 atom stereocenters. The molecule has 7 aromatic carbocycles. The molecule has 0 saturated heterocycles. The van der Waals surface area contributed by atoms with Crippen LogP contribution in [0.3, 0.4) is 0 Å². The van der Waals surface area contributed by atoms with E-state index in [4.69, 9.17) is 32.7 Å². The number of hydrogen-bond acceptors (Lipinski definition) is 10. The van der Waals surface area contributed by atoms with Gasteiger partial charge < -0.3 is 39.4 Å². The number of halogens is 2. The van der Waals surface area contributed by atoms with Crippen molar-refractivity contribution >= 4 is 96.8 Å². The minimum Gasteiger partial charge on any atom is -0.508 e. The second-order valence-corrected chi connectivity index (χ2v) is 24.4. The third kappa shape index (κ3) is 11.9. The van der Waals surface area contributed by atoms with Gasteiger partial charge in [0.15, 0.2) is 5.69 Å². The molecule has 0 bridgehead atoms. The Hall–Kier alpha value is -9.25. The number of aryl methyl sites for hydroxylation is 3. The summed E-state index contributed by atoms with van der Waals surface area (Å²) in [5.74, 6) is 1.18. The summed E-state index contributed by atoms with van der Waals surface area (Å²) in [5.41, 5.74) is 10.1. The number of aromatic hydroxyl groups is 1. The lowest BCUT2D eigenvalue weighted by Crippen LogP contribution is -2.30. The molecular weight excluding hydrogens is 1130 g/mol. The monoisotopic (exact) mass is 1190 g/mol. The Kier molecular flexibility index (Phi) is 15.9. The number of benzene rings is 7. The van der Waals surface area contributed by atoms with Crippen LogP contribution in [0.25, 0.3) is 32.9 Å². The van der Waals surface area contributed by atoms with E-state index in [1.165, 1.54) is 12.1 Å². The molecule has 86 heavy (non-hydrogen) atoms. The number of imidazole rings is 1. The van der Waals surface area contributed by atoms with Crippen LogP contribution in [0.2, 0.25) is 0 Å². The van der Waals surface area contributed by atoms with Crippen molar-refractivity contribution in [3.8, 4) is 22.9 Å². The van der Waals surface area contributed by atoms with Gasteiger partial charge in [0.25, 0.3) is 23.6 Å². The number of nitrogens with zero attached hydrogens (tertiary/aromatic N) is 7. The average Bonchev–Trinajstić information content (AvgIpc) is 2.21. The first-order chi connectivity index (χ1) is 41.0. The van der Waals surface area contributed by atoms with E-state index >= 15 is 0 Å². The van der Waals surface area contributed by atoms with Crippen molar-refractivity contribution in [2.45, 2.75) is 85.4 Å². The highest BCUT2D eigenvalue weighted by molar-refractivity contribution is 6.20. The van der Waals surface area contributed by atoms with E-state index in [1.807, 2.05) is 97.0 Å². The van der Waals surface area contributed by atoms with Crippen LogP contribution in [0.5, 0.6) is 17.2 Å². The summed E-state index contributed by atoms with van der Waals surface area (Å²) in [6.45, 7) is 19.0. The van der Waals surface area contributed by atoms with Crippen LogP contribution in [0.1, 0.15) is 123 Å². The molecule has 3 N–H and O–H groups in total. The van der Waals surface area contributed by atoms with Crippen molar-refractivity contribution in [2.24, 2.45) is 0 Å². The van der Waals surface area contributed by atoms with E-state index in [-0.39, 0.29) is 52.6 Å². The molecule has 0 fully saturated rings. The number of fused-ring (bicyclic) bond motifs is 7. The van der Waals surface area contributed by atoms with Gasteiger partial charge in [0.05, 0.1) is 28.9 Å². The van der Waals surface area contributed by atoms with Crippen molar-refractivity contribution in [3.05, 3.63) is 202 Å². The van der Waals surface area contributed by atoms with Gasteiger partial charge in [-0.15, -0.1) is 28.3 Å². The molecule has 4 amide bonds. The number of alkyl halides is 2. The number of ether oxygens (including phenoxy) is 2. The Bertz CT molecular complexity index is 4280. The number of nitrogens with one attached hydrogen (secondary N) is 2. The quantitative estimate of drug-likeness (QED) is 0.105. The molecule has 10 aromatic rings. The number of carbonyl (C=O) groups is 4. The number of amides is 4. The zero-order chi connectivity index (χ0) is 60.9. The summed E-state index contributed by atoms with van der Waals surface area (Å²) in [6, 6.07) is 40.3. The van der Waals surface area contributed by atoms with Crippen molar-refractivity contribution < 1.29 is 33.8 Å². The highest BCUT2D eigenvalue weighted by atomic mass is 35.5. The summed E-state index contributed by atoms with van der Waals surface area (Å²) >= 11 is 13.0. The van der Waals surface area contributed by atoms with E-state index in [0.29, 0.717) is 58.7 Å². The Balaban J connectivity index is 0.000000179. The lowest BCUT2D eigenvalue weighted by atomic mass is 9.92. The fraction of sp³-hybridized carbons (Fsp3) is 0.250. The van der Waals surface area contributed by atoms with Gasteiger partial charge in [-0.3, -0.25) is 19.2 Å². The number of rotatable bonds is 11. The molecule has 0 radical (unpaired) electrons. The van der Waals surface area contributed by atoms with Crippen molar-refractivity contribution in [3.63, 3.8) is 0 Å². The highest BCUT2D eigenvalue weighted by Crippen LogP contribution is 2.49. The first kappa shape index (κ1) is 58.5. The number of anilines is 4. The predicted molar refractivity (Wildman–Crippen MR) is 340 cm³/mol. The molecule has 2 aliphatic heterocycles. The molecule has 3 aromatic heterocycles. The molecule has 18 heteroatoms. The largest absolute Gasteiger partial charge is 0.508 e. The number of phenols is 1. The summed E-state index contributed by atoms with van der Waals surface area (Å²) in [4.78, 5) is 61.3. The molecule has 438 valence electrons. The SMILES string of the molecule is Cc1ccc(C(=O)Nc2ccc(-n3cc(C(=O)N4C[C@@H](CCl)c5c4cc(OC(C)(C)C)c4cccc(C)c54)nn3)cc2)cc1.Cc1cccc2c(OC(C)(C)C)cc3c(c12)[C@H](CCl)CN3C(=O)c1cn2cc(NC(=O)c3ccc(O)cc3)ccc2n1. The fourth-order valence-corrected chi connectivity index (χ4v) is 11.7. The zero-order valence-electron chi connectivity index (χ0n) is 49.2. The Morgan fingerprint density at radius 3 is 1.59 bits per heavy atom. The van der Waals surface area contributed by atoms with E-state index in [2.05, 4.69) is 64.0 Å². The van der Waals surface area contributed by atoms with Crippen molar-refractivity contribution in [1.29, 1.82) is 0 Å². The zero-order valence-corrected chi connectivity index (χ0v) is 50.7. The lowest BCUT2D eigenvalue weighted by molar-refractivity contribution is 0.0976. The van der Waals surface area contributed by atoms with Crippen molar-refractivity contribution in [2.75, 3.05) is 45.3 Å². The Labute approximate surface area is 508 Å². The summed E-state index contributed by atoms with van der Waals surface area (Å²) in [5, 5.41) is 27.8.